The molecule has 7 nitrogen and oxygen atoms in total. The van der Waals surface area contributed by atoms with Gasteiger partial charge in [-0.3, -0.25) is 14.5 Å². The van der Waals surface area contributed by atoms with Gasteiger partial charge >= 0.3 is 5.97 Å². The molecule has 1 aromatic rings. The zero-order valence-corrected chi connectivity index (χ0v) is 12.9. The number of carbonyl (C=O) groups is 2. The van der Waals surface area contributed by atoms with E-state index < -0.39 is 5.97 Å². The van der Waals surface area contributed by atoms with Crippen molar-refractivity contribution in [2.45, 2.75) is 12.8 Å². The van der Waals surface area contributed by atoms with Crippen molar-refractivity contribution in [1.29, 1.82) is 0 Å². The minimum Gasteiger partial charge on any atom is -0.481 e. The molecule has 0 unspecified atom stereocenters. The van der Waals surface area contributed by atoms with Gasteiger partial charge in [-0.1, -0.05) is 0 Å². The van der Waals surface area contributed by atoms with E-state index in [2.05, 4.69) is 4.90 Å². The Bertz CT molecular complexity index is 596. The highest BCUT2D eigenvalue weighted by atomic mass is 16.7. The van der Waals surface area contributed by atoms with Gasteiger partial charge < -0.3 is 19.5 Å². The summed E-state index contributed by atoms with van der Waals surface area (Å²) >= 11 is 0. The lowest BCUT2D eigenvalue weighted by atomic mass is 10.1. The molecule has 3 rings (SSSR count). The number of fused-ring (bicyclic) bond motifs is 1. The van der Waals surface area contributed by atoms with Crippen LogP contribution in [0.2, 0.25) is 0 Å². The van der Waals surface area contributed by atoms with Crippen molar-refractivity contribution in [2.75, 3.05) is 39.5 Å². The van der Waals surface area contributed by atoms with Crippen LogP contribution in [0.4, 0.5) is 0 Å². The predicted molar refractivity (Wildman–Crippen MR) is 81.8 cm³/mol. The minimum atomic E-state index is -0.762. The van der Waals surface area contributed by atoms with E-state index in [1.165, 1.54) is 0 Å². The van der Waals surface area contributed by atoms with Crippen molar-refractivity contribution in [2.24, 2.45) is 0 Å². The van der Waals surface area contributed by atoms with Crippen LogP contribution in [0.3, 0.4) is 0 Å². The summed E-state index contributed by atoms with van der Waals surface area (Å²) in [5, 5.41) is 8.66. The molecule has 2 aliphatic heterocycles. The van der Waals surface area contributed by atoms with Crippen molar-refractivity contribution in [1.82, 2.24) is 9.80 Å². The van der Waals surface area contributed by atoms with E-state index in [1.54, 1.807) is 18.2 Å². The van der Waals surface area contributed by atoms with Gasteiger partial charge in [0.05, 0.1) is 0 Å². The molecule has 23 heavy (non-hydrogen) atoms. The van der Waals surface area contributed by atoms with Crippen LogP contribution < -0.4 is 9.47 Å². The molecule has 1 N–H and O–H groups in total. The molecule has 124 valence electrons. The average Bonchev–Trinajstić information content (AvgIpc) is 3.02. The fourth-order valence-corrected chi connectivity index (χ4v) is 2.84. The van der Waals surface area contributed by atoms with Crippen molar-refractivity contribution in [3.63, 3.8) is 0 Å². The lowest BCUT2D eigenvalue weighted by Crippen LogP contribution is -2.48. The van der Waals surface area contributed by atoms with Crippen LogP contribution in [-0.2, 0) is 4.79 Å². The number of piperazine rings is 1. The first kappa shape index (κ1) is 15.6. The molecule has 2 aliphatic rings. The summed E-state index contributed by atoms with van der Waals surface area (Å²) in [5.74, 6) is 0.517. The smallest absolute Gasteiger partial charge is 0.303 e. The molecule has 0 spiro atoms. The van der Waals surface area contributed by atoms with Crippen LogP contribution in [0.25, 0.3) is 0 Å². The summed E-state index contributed by atoms with van der Waals surface area (Å²) in [6.45, 7) is 3.81. The van der Waals surface area contributed by atoms with Gasteiger partial charge in [0.1, 0.15) is 0 Å². The zero-order valence-electron chi connectivity index (χ0n) is 12.9. The number of aliphatic carboxylic acids is 1. The lowest BCUT2D eigenvalue weighted by molar-refractivity contribution is -0.137. The van der Waals surface area contributed by atoms with Crippen LogP contribution >= 0.6 is 0 Å². The molecule has 1 saturated heterocycles. The summed E-state index contributed by atoms with van der Waals surface area (Å²) in [4.78, 5) is 27.1. The third-order valence-corrected chi connectivity index (χ3v) is 4.14. The van der Waals surface area contributed by atoms with Gasteiger partial charge in [0.25, 0.3) is 5.91 Å². The molecule has 0 atom stereocenters. The summed E-state index contributed by atoms with van der Waals surface area (Å²) < 4.78 is 10.6. The molecule has 2 heterocycles. The number of carboxylic acid groups (broad SMARTS) is 1. The second-order valence-electron chi connectivity index (χ2n) is 5.70. The zero-order chi connectivity index (χ0) is 16.2. The Labute approximate surface area is 134 Å². The van der Waals surface area contributed by atoms with Gasteiger partial charge in [-0.2, -0.15) is 0 Å². The summed E-state index contributed by atoms with van der Waals surface area (Å²) in [5.41, 5.74) is 0.605. The standard InChI is InChI=1S/C16H20N2O5/c19-15(20)2-1-5-17-6-8-18(9-7-17)16(21)12-3-4-13-14(10-12)23-11-22-13/h3-4,10H,1-2,5-9,11H2,(H,19,20). The number of nitrogens with zero attached hydrogens (tertiary/aromatic N) is 2. The fourth-order valence-electron chi connectivity index (χ4n) is 2.84. The minimum absolute atomic E-state index is 0.00603. The Hall–Kier alpha value is -2.28. The maximum Gasteiger partial charge on any atom is 0.303 e. The number of benzene rings is 1. The topological polar surface area (TPSA) is 79.3 Å². The van der Waals surface area contributed by atoms with E-state index in [-0.39, 0.29) is 19.1 Å². The van der Waals surface area contributed by atoms with E-state index in [0.717, 1.165) is 19.6 Å². The first-order valence-corrected chi connectivity index (χ1v) is 7.76. The van der Waals surface area contributed by atoms with Gasteiger partial charge in [-0.05, 0) is 31.2 Å². The Kier molecular flexibility index (Phi) is 4.66. The number of hydrogen-bond acceptors (Lipinski definition) is 5. The molecule has 0 aromatic heterocycles. The Balaban J connectivity index is 1.51. The van der Waals surface area contributed by atoms with Crippen LogP contribution in [-0.4, -0.2) is 66.3 Å². The monoisotopic (exact) mass is 320 g/mol. The van der Waals surface area contributed by atoms with Crippen LogP contribution in [0.1, 0.15) is 23.2 Å². The lowest BCUT2D eigenvalue weighted by Gasteiger charge is -2.34. The second kappa shape index (κ2) is 6.87. The van der Waals surface area contributed by atoms with Gasteiger partial charge in [0.15, 0.2) is 11.5 Å². The Morgan fingerprint density at radius 1 is 1.09 bits per heavy atom. The molecule has 7 heteroatoms. The van der Waals surface area contributed by atoms with E-state index >= 15 is 0 Å². The fraction of sp³-hybridized carbons (Fsp3) is 0.500. The third-order valence-electron chi connectivity index (χ3n) is 4.14. The predicted octanol–water partition coefficient (Wildman–Crippen LogP) is 1.04. The molecule has 1 aromatic carbocycles. The van der Waals surface area contributed by atoms with Crippen molar-refractivity contribution >= 4 is 11.9 Å². The molecule has 0 saturated carbocycles. The second-order valence-corrected chi connectivity index (χ2v) is 5.70. The Morgan fingerprint density at radius 3 is 2.57 bits per heavy atom. The number of ether oxygens (including phenoxy) is 2. The van der Waals surface area contributed by atoms with E-state index in [9.17, 15) is 9.59 Å². The molecule has 1 fully saturated rings. The average molecular weight is 320 g/mol. The highest BCUT2D eigenvalue weighted by Gasteiger charge is 2.24. The van der Waals surface area contributed by atoms with Crippen LogP contribution in [0.15, 0.2) is 18.2 Å². The highest BCUT2D eigenvalue weighted by Crippen LogP contribution is 2.32. The third kappa shape index (κ3) is 3.73. The molecule has 0 bridgehead atoms. The van der Waals surface area contributed by atoms with E-state index in [0.29, 0.717) is 36.6 Å². The van der Waals surface area contributed by atoms with Gasteiger partial charge in [0, 0.05) is 38.2 Å². The molecule has 0 aliphatic carbocycles. The Morgan fingerprint density at radius 2 is 1.83 bits per heavy atom. The number of carboxylic acids is 1. The molecule has 0 radical (unpaired) electrons. The van der Waals surface area contributed by atoms with E-state index in [4.69, 9.17) is 14.6 Å². The van der Waals surface area contributed by atoms with Gasteiger partial charge in [-0.25, -0.2) is 0 Å². The highest BCUT2D eigenvalue weighted by molar-refractivity contribution is 5.95. The van der Waals surface area contributed by atoms with Crippen LogP contribution in [0, 0.1) is 0 Å². The number of hydrogen-bond donors (Lipinski definition) is 1. The van der Waals surface area contributed by atoms with Crippen molar-refractivity contribution < 1.29 is 24.2 Å². The largest absolute Gasteiger partial charge is 0.481 e. The SMILES string of the molecule is O=C(O)CCCN1CCN(C(=O)c2ccc3c(c2)OCO3)CC1. The van der Waals surface area contributed by atoms with Gasteiger partial charge in [0.2, 0.25) is 6.79 Å². The number of carbonyl (C=O) groups excluding carboxylic acids is 1. The molecular formula is C16H20N2O5. The maximum atomic E-state index is 12.5. The summed E-state index contributed by atoms with van der Waals surface area (Å²) in [6, 6.07) is 5.25. The molecule has 1 amide bonds. The normalized spacial score (nSPS) is 17.3. The first-order valence-electron chi connectivity index (χ1n) is 7.76. The van der Waals surface area contributed by atoms with Crippen LogP contribution in [0.5, 0.6) is 11.5 Å². The number of rotatable bonds is 5. The molecular weight excluding hydrogens is 300 g/mol. The summed E-state index contributed by atoms with van der Waals surface area (Å²) in [6.07, 6.45) is 0.835. The van der Waals surface area contributed by atoms with E-state index in [1.807, 2.05) is 4.90 Å². The van der Waals surface area contributed by atoms with Crippen molar-refractivity contribution in [3.8, 4) is 11.5 Å². The maximum absolute atomic E-state index is 12.5. The number of amides is 1. The first-order chi connectivity index (χ1) is 11.1. The van der Waals surface area contributed by atoms with Gasteiger partial charge in [-0.15, -0.1) is 0 Å². The quantitative estimate of drug-likeness (QED) is 0.873. The summed E-state index contributed by atoms with van der Waals surface area (Å²) in [7, 11) is 0. The van der Waals surface area contributed by atoms with Crippen molar-refractivity contribution in [3.05, 3.63) is 23.8 Å².